The molecule has 0 aliphatic carbocycles. The van der Waals surface area contributed by atoms with Gasteiger partial charge in [-0.1, -0.05) is 34.6 Å². The second-order valence-electron chi connectivity index (χ2n) is 7.54. The first-order chi connectivity index (χ1) is 9.70. The van der Waals surface area contributed by atoms with Crippen LogP contribution in [0.25, 0.3) is 0 Å². The third-order valence-corrected chi connectivity index (χ3v) is 5.55. The first kappa shape index (κ1) is 16.5. The molecule has 0 radical (unpaired) electrons. The standard InChI is InChI=1S/C17H28N2OS/c1-11(2)10-19-15(20)9-6-12(18)16(19)13-7-8-14(21-13)17(3,4)5/h7-8,11-12,16H,6,9-10,18H2,1-5H3. The largest absolute Gasteiger partial charge is 0.333 e. The Morgan fingerprint density at radius 3 is 2.57 bits per heavy atom. The minimum atomic E-state index is 0.0490. The van der Waals surface area contributed by atoms with Gasteiger partial charge in [-0.3, -0.25) is 4.79 Å². The Morgan fingerprint density at radius 1 is 1.38 bits per heavy atom. The van der Waals surface area contributed by atoms with Gasteiger partial charge >= 0.3 is 0 Å². The number of piperidine rings is 1. The normalized spacial score (nSPS) is 24.0. The summed E-state index contributed by atoms with van der Waals surface area (Å²) in [7, 11) is 0. The number of amides is 1. The van der Waals surface area contributed by atoms with Crippen molar-refractivity contribution in [3.63, 3.8) is 0 Å². The van der Waals surface area contributed by atoms with E-state index in [-0.39, 0.29) is 23.4 Å². The van der Waals surface area contributed by atoms with Crippen LogP contribution >= 0.6 is 11.3 Å². The quantitative estimate of drug-likeness (QED) is 0.925. The summed E-state index contributed by atoms with van der Waals surface area (Å²) in [5.74, 6) is 0.713. The molecule has 1 aliphatic rings. The highest BCUT2D eigenvalue weighted by molar-refractivity contribution is 7.12. The first-order valence-corrected chi connectivity index (χ1v) is 8.67. The summed E-state index contributed by atoms with van der Waals surface area (Å²) < 4.78 is 0. The van der Waals surface area contributed by atoms with Gasteiger partial charge in [-0.05, 0) is 29.9 Å². The zero-order valence-electron chi connectivity index (χ0n) is 13.8. The van der Waals surface area contributed by atoms with Gasteiger partial charge in [-0.25, -0.2) is 0 Å². The zero-order valence-corrected chi connectivity index (χ0v) is 14.7. The van der Waals surface area contributed by atoms with E-state index < -0.39 is 0 Å². The molecule has 2 heterocycles. The van der Waals surface area contributed by atoms with E-state index in [9.17, 15) is 4.79 Å². The lowest BCUT2D eigenvalue weighted by Gasteiger charge is -2.40. The minimum absolute atomic E-state index is 0.0490. The second kappa shape index (κ2) is 6.09. The number of hydrogen-bond donors (Lipinski definition) is 1. The molecular weight excluding hydrogens is 280 g/mol. The number of nitrogens with zero attached hydrogens (tertiary/aromatic N) is 1. The third kappa shape index (κ3) is 3.67. The molecule has 1 amide bonds. The number of carbonyl (C=O) groups is 1. The van der Waals surface area contributed by atoms with E-state index in [0.717, 1.165) is 13.0 Å². The highest BCUT2D eigenvalue weighted by Crippen LogP contribution is 2.38. The Labute approximate surface area is 132 Å². The summed E-state index contributed by atoms with van der Waals surface area (Å²) in [6.45, 7) is 11.8. The van der Waals surface area contributed by atoms with Gasteiger partial charge in [-0.2, -0.15) is 0 Å². The van der Waals surface area contributed by atoms with Crippen LogP contribution in [0.3, 0.4) is 0 Å². The average Bonchev–Trinajstić information content (AvgIpc) is 2.82. The van der Waals surface area contributed by atoms with Gasteiger partial charge in [0.25, 0.3) is 0 Å². The van der Waals surface area contributed by atoms with E-state index in [1.54, 1.807) is 0 Å². The summed E-state index contributed by atoms with van der Waals surface area (Å²) >= 11 is 1.81. The molecule has 2 atom stereocenters. The summed E-state index contributed by atoms with van der Waals surface area (Å²) in [4.78, 5) is 16.9. The van der Waals surface area contributed by atoms with Gasteiger partial charge in [0.05, 0.1) is 6.04 Å². The maximum Gasteiger partial charge on any atom is 0.223 e. The van der Waals surface area contributed by atoms with Crippen LogP contribution in [0.15, 0.2) is 12.1 Å². The van der Waals surface area contributed by atoms with Crippen molar-refractivity contribution in [3.05, 3.63) is 21.9 Å². The van der Waals surface area contributed by atoms with Crippen molar-refractivity contribution in [1.82, 2.24) is 4.90 Å². The second-order valence-corrected chi connectivity index (χ2v) is 8.65. The molecule has 2 N–H and O–H groups in total. The fraction of sp³-hybridized carbons (Fsp3) is 0.706. The lowest BCUT2D eigenvalue weighted by molar-refractivity contribution is -0.137. The van der Waals surface area contributed by atoms with E-state index in [1.165, 1.54) is 9.75 Å². The van der Waals surface area contributed by atoms with Crippen molar-refractivity contribution in [2.24, 2.45) is 11.7 Å². The predicted octanol–water partition coefficient (Wildman–Crippen LogP) is 3.69. The first-order valence-electron chi connectivity index (χ1n) is 7.85. The molecule has 21 heavy (non-hydrogen) atoms. The van der Waals surface area contributed by atoms with Crippen molar-refractivity contribution in [1.29, 1.82) is 0 Å². The number of rotatable bonds is 3. The average molecular weight is 308 g/mol. The maximum absolute atomic E-state index is 12.3. The number of carbonyl (C=O) groups excluding carboxylic acids is 1. The van der Waals surface area contributed by atoms with Crippen LogP contribution in [0, 0.1) is 5.92 Å². The van der Waals surface area contributed by atoms with Gasteiger partial charge in [-0.15, -0.1) is 11.3 Å². The van der Waals surface area contributed by atoms with E-state index in [1.807, 2.05) is 16.2 Å². The van der Waals surface area contributed by atoms with Crippen molar-refractivity contribution in [2.45, 2.75) is 65.0 Å². The molecule has 0 bridgehead atoms. The fourth-order valence-corrected chi connectivity index (χ4v) is 4.12. The fourth-order valence-electron chi connectivity index (χ4n) is 2.87. The lowest BCUT2D eigenvalue weighted by Crippen LogP contribution is -2.49. The molecule has 1 aromatic rings. The lowest BCUT2D eigenvalue weighted by atomic mass is 9.93. The molecule has 0 saturated carbocycles. The van der Waals surface area contributed by atoms with Crippen molar-refractivity contribution < 1.29 is 4.79 Å². The van der Waals surface area contributed by atoms with Crippen LogP contribution < -0.4 is 5.73 Å². The van der Waals surface area contributed by atoms with E-state index >= 15 is 0 Å². The van der Waals surface area contributed by atoms with E-state index in [2.05, 4.69) is 46.8 Å². The van der Waals surface area contributed by atoms with Crippen LogP contribution in [0.2, 0.25) is 0 Å². The van der Waals surface area contributed by atoms with Crippen molar-refractivity contribution in [2.75, 3.05) is 6.54 Å². The smallest absolute Gasteiger partial charge is 0.223 e. The number of thiophene rings is 1. The Balaban J connectivity index is 2.32. The topological polar surface area (TPSA) is 46.3 Å². The Hall–Kier alpha value is -0.870. The van der Waals surface area contributed by atoms with Gasteiger partial charge in [0, 0.05) is 28.8 Å². The van der Waals surface area contributed by atoms with Crippen molar-refractivity contribution in [3.8, 4) is 0 Å². The monoisotopic (exact) mass is 308 g/mol. The Bertz CT molecular complexity index is 501. The van der Waals surface area contributed by atoms with Gasteiger partial charge < -0.3 is 10.6 Å². The molecule has 1 fully saturated rings. The summed E-state index contributed by atoms with van der Waals surface area (Å²) in [6, 6.07) is 4.46. The molecule has 118 valence electrons. The van der Waals surface area contributed by atoms with E-state index in [0.29, 0.717) is 12.3 Å². The molecule has 2 rings (SSSR count). The third-order valence-electron chi connectivity index (χ3n) is 3.97. The van der Waals surface area contributed by atoms with Crippen LogP contribution in [-0.4, -0.2) is 23.4 Å². The molecular formula is C17H28N2OS. The van der Waals surface area contributed by atoms with Crippen LogP contribution in [-0.2, 0) is 10.2 Å². The van der Waals surface area contributed by atoms with Gasteiger partial charge in [0.1, 0.15) is 0 Å². The Morgan fingerprint density at radius 2 is 2.05 bits per heavy atom. The molecule has 4 heteroatoms. The number of nitrogens with two attached hydrogens (primary N) is 1. The summed E-state index contributed by atoms with van der Waals surface area (Å²) in [5.41, 5.74) is 6.52. The van der Waals surface area contributed by atoms with Crippen LogP contribution in [0.1, 0.15) is 63.3 Å². The number of likely N-dealkylation sites (tertiary alicyclic amines) is 1. The summed E-state index contributed by atoms with van der Waals surface area (Å²) in [5, 5.41) is 0. The molecule has 1 saturated heterocycles. The van der Waals surface area contributed by atoms with Crippen LogP contribution in [0.4, 0.5) is 0 Å². The molecule has 1 aromatic heterocycles. The van der Waals surface area contributed by atoms with E-state index in [4.69, 9.17) is 5.73 Å². The van der Waals surface area contributed by atoms with Crippen molar-refractivity contribution >= 4 is 17.2 Å². The highest BCUT2D eigenvalue weighted by Gasteiger charge is 2.36. The minimum Gasteiger partial charge on any atom is -0.333 e. The van der Waals surface area contributed by atoms with Gasteiger partial charge in [0.15, 0.2) is 0 Å². The summed E-state index contributed by atoms with van der Waals surface area (Å²) in [6.07, 6.45) is 1.38. The maximum atomic E-state index is 12.3. The highest BCUT2D eigenvalue weighted by atomic mass is 32.1. The molecule has 2 unspecified atom stereocenters. The zero-order chi connectivity index (χ0) is 15.8. The van der Waals surface area contributed by atoms with Crippen LogP contribution in [0.5, 0.6) is 0 Å². The number of hydrogen-bond acceptors (Lipinski definition) is 3. The molecule has 0 spiro atoms. The Kier molecular flexibility index (Phi) is 4.79. The molecule has 1 aliphatic heterocycles. The SMILES string of the molecule is CC(C)CN1C(=O)CCC(N)C1c1ccc(C(C)(C)C)s1. The predicted molar refractivity (Wildman–Crippen MR) is 89.5 cm³/mol. The molecule has 0 aromatic carbocycles. The van der Waals surface area contributed by atoms with Gasteiger partial charge in [0.2, 0.25) is 5.91 Å². The molecule has 3 nitrogen and oxygen atoms in total.